The molecule has 0 aliphatic heterocycles. The summed E-state index contributed by atoms with van der Waals surface area (Å²) in [5.74, 6) is 0.0732. The minimum Gasteiger partial charge on any atom is -0.358 e. The standard InChI is InChI=1S/C22H30N4O2/c23-16-9-3-8-15-21(27)24-17-10-18-26(20-13-6-2-7-14-20)22(28)25-19-11-4-1-5-12-19/h1-2,4-7,11-14H,3,8-10,15-18,23H2,(H,24,27)(H,25,28)/p+1. The molecule has 0 unspecified atom stereocenters. The first-order chi connectivity index (χ1) is 13.7. The maximum Gasteiger partial charge on any atom is 0.326 e. The minimum atomic E-state index is -0.183. The molecule has 0 saturated heterocycles. The summed E-state index contributed by atoms with van der Waals surface area (Å²) in [7, 11) is 0. The molecule has 0 aliphatic rings. The Kier molecular flexibility index (Phi) is 9.58. The van der Waals surface area contributed by atoms with Gasteiger partial charge in [-0.25, -0.2) is 4.79 Å². The SMILES string of the molecule is [NH3+]CCCCCC(=O)NCCCN(C(=O)Nc1ccccc1)c1ccccc1. The monoisotopic (exact) mass is 383 g/mol. The number of carbonyl (C=O) groups is 2. The molecule has 2 rings (SSSR count). The molecule has 3 amide bonds. The number of urea groups is 1. The van der Waals surface area contributed by atoms with E-state index in [9.17, 15) is 9.59 Å². The lowest BCUT2D eigenvalue weighted by Crippen LogP contribution is -2.50. The average molecular weight is 384 g/mol. The quantitative estimate of drug-likeness (QED) is 0.521. The van der Waals surface area contributed by atoms with Crippen LogP contribution >= 0.6 is 0 Å². The molecule has 6 nitrogen and oxygen atoms in total. The molecule has 6 heteroatoms. The number of carbonyl (C=O) groups excluding carboxylic acids is 2. The molecule has 2 aromatic carbocycles. The Morgan fingerprint density at radius 3 is 2.21 bits per heavy atom. The summed E-state index contributed by atoms with van der Waals surface area (Å²) in [6.45, 7) is 1.99. The van der Waals surface area contributed by atoms with Crippen molar-refractivity contribution >= 4 is 23.3 Å². The third kappa shape index (κ3) is 7.80. The summed E-state index contributed by atoms with van der Waals surface area (Å²) in [6, 6.07) is 18.8. The van der Waals surface area contributed by atoms with E-state index < -0.39 is 0 Å². The van der Waals surface area contributed by atoms with Crippen LogP contribution in [0.4, 0.5) is 16.2 Å². The summed E-state index contributed by atoms with van der Waals surface area (Å²) in [5, 5.41) is 5.87. The summed E-state index contributed by atoms with van der Waals surface area (Å²) >= 11 is 0. The number of amides is 3. The van der Waals surface area contributed by atoms with Crippen LogP contribution in [0.5, 0.6) is 0 Å². The van der Waals surface area contributed by atoms with E-state index in [0.717, 1.165) is 37.2 Å². The van der Waals surface area contributed by atoms with Gasteiger partial charge in [0.05, 0.1) is 6.54 Å². The lowest BCUT2D eigenvalue weighted by molar-refractivity contribution is -0.368. The number of rotatable bonds is 11. The fraction of sp³-hybridized carbons (Fsp3) is 0.364. The largest absolute Gasteiger partial charge is 0.358 e. The predicted octanol–water partition coefficient (Wildman–Crippen LogP) is 3.03. The molecule has 0 aliphatic carbocycles. The number of quaternary nitrogens is 1. The van der Waals surface area contributed by atoms with Crippen LogP contribution in [0.2, 0.25) is 0 Å². The number of hydrogen-bond donors (Lipinski definition) is 3. The van der Waals surface area contributed by atoms with Gasteiger partial charge in [-0.3, -0.25) is 9.69 Å². The predicted molar refractivity (Wildman–Crippen MR) is 113 cm³/mol. The van der Waals surface area contributed by atoms with Crippen LogP contribution in [-0.4, -0.2) is 31.6 Å². The highest BCUT2D eigenvalue weighted by atomic mass is 16.2. The van der Waals surface area contributed by atoms with E-state index in [1.165, 1.54) is 0 Å². The molecule has 0 bridgehead atoms. The van der Waals surface area contributed by atoms with Crippen molar-refractivity contribution < 1.29 is 15.3 Å². The van der Waals surface area contributed by atoms with Crippen LogP contribution in [-0.2, 0) is 4.79 Å². The van der Waals surface area contributed by atoms with Gasteiger partial charge in [-0.2, -0.15) is 0 Å². The fourth-order valence-corrected chi connectivity index (χ4v) is 2.86. The normalized spacial score (nSPS) is 10.3. The van der Waals surface area contributed by atoms with E-state index in [2.05, 4.69) is 16.4 Å². The van der Waals surface area contributed by atoms with Crippen LogP contribution in [0.25, 0.3) is 0 Å². The van der Waals surface area contributed by atoms with Crippen LogP contribution in [0.15, 0.2) is 60.7 Å². The van der Waals surface area contributed by atoms with E-state index in [0.29, 0.717) is 25.9 Å². The van der Waals surface area contributed by atoms with Gasteiger partial charge in [-0.1, -0.05) is 36.4 Å². The molecule has 0 spiro atoms. The molecule has 5 N–H and O–H groups in total. The maximum atomic E-state index is 12.8. The number of para-hydroxylation sites is 2. The number of anilines is 2. The number of hydrogen-bond acceptors (Lipinski definition) is 2. The molecule has 28 heavy (non-hydrogen) atoms. The number of benzene rings is 2. The van der Waals surface area contributed by atoms with Crippen molar-refractivity contribution in [2.75, 3.05) is 29.9 Å². The fourth-order valence-electron chi connectivity index (χ4n) is 2.86. The molecule has 0 atom stereocenters. The molecule has 0 radical (unpaired) electrons. The minimum absolute atomic E-state index is 0.0732. The molecule has 0 heterocycles. The van der Waals surface area contributed by atoms with Crippen LogP contribution < -0.4 is 21.3 Å². The topological polar surface area (TPSA) is 89.1 Å². The second-order valence-corrected chi connectivity index (χ2v) is 6.65. The first-order valence-corrected chi connectivity index (χ1v) is 9.95. The molecule has 0 aromatic heterocycles. The van der Waals surface area contributed by atoms with Gasteiger partial charge < -0.3 is 16.4 Å². The third-order valence-electron chi connectivity index (χ3n) is 4.37. The Balaban J connectivity index is 1.83. The summed E-state index contributed by atoms with van der Waals surface area (Å²) < 4.78 is 0. The zero-order chi connectivity index (χ0) is 20.0. The lowest BCUT2D eigenvalue weighted by Gasteiger charge is -2.23. The second kappa shape index (κ2) is 12.5. The van der Waals surface area contributed by atoms with E-state index in [1.54, 1.807) is 4.90 Å². The molecule has 0 fully saturated rings. The highest BCUT2D eigenvalue weighted by Crippen LogP contribution is 2.16. The van der Waals surface area contributed by atoms with Gasteiger partial charge in [-0.05, 0) is 49.9 Å². The maximum absolute atomic E-state index is 12.8. The first kappa shape index (κ1) is 21.4. The highest BCUT2D eigenvalue weighted by Gasteiger charge is 2.15. The molecule has 2 aromatic rings. The Hall–Kier alpha value is -2.86. The van der Waals surface area contributed by atoms with Gasteiger partial charge in [-0.15, -0.1) is 0 Å². The van der Waals surface area contributed by atoms with Crippen molar-refractivity contribution in [1.82, 2.24) is 5.32 Å². The number of nitrogens with one attached hydrogen (secondary N) is 2. The van der Waals surface area contributed by atoms with Crippen molar-refractivity contribution in [1.29, 1.82) is 0 Å². The summed E-state index contributed by atoms with van der Waals surface area (Å²) in [6.07, 6.45) is 4.24. The smallest absolute Gasteiger partial charge is 0.326 e. The summed E-state index contributed by atoms with van der Waals surface area (Å²) in [4.78, 5) is 26.3. The van der Waals surface area contributed by atoms with Crippen molar-refractivity contribution in [2.24, 2.45) is 0 Å². The average Bonchev–Trinajstić information content (AvgIpc) is 2.72. The highest BCUT2D eigenvalue weighted by molar-refractivity contribution is 6.01. The van der Waals surface area contributed by atoms with Crippen molar-refractivity contribution in [3.05, 3.63) is 60.7 Å². The number of nitrogens with zero attached hydrogens (tertiary/aromatic N) is 1. The lowest BCUT2D eigenvalue weighted by atomic mass is 10.2. The zero-order valence-corrected chi connectivity index (χ0v) is 16.4. The van der Waals surface area contributed by atoms with Gasteiger partial charge in [0.25, 0.3) is 0 Å². The number of unbranched alkanes of at least 4 members (excludes halogenated alkanes) is 2. The van der Waals surface area contributed by atoms with Crippen LogP contribution in [0, 0.1) is 0 Å². The van der Waals surface area contributed by atoms with Gasteiger partial charge in [0.1, 0.15) is 0 Å². The zero-order valence-electron chi connectivity index (χ0n) is 16.4. The molecule has 0 saturated carbocycles. The van der Waals surface area contributed by atoms with E-state index in [-0.39, 0.29) is 11.9 Å². The van der Waals surface area contributed by atoms with Gasteiger partial charge in [0.15, 0.2) is 0 Å². The van der Waals surface area contributed by atoms with Gasteiger partial charge in [0, 0.05) is 30.9 Å². The van der Waals surface area contributed by atoms with E-state index in [1.807, 2.05) is 60.7 Å². The Labute approximate surface area is 167 Å². The van der Waals surface area contributed by atoms with Gasteiger partial charge in [0.2, 0.25) is 5.91 Å². The molecule has 150 valence electrons. The van der Waals surface area contributed by atoms with Crippen molar-refractivity contribution in [2.45, 2.75) is 32.1 Å². The molecular weight excluding hydrogens is 352 g/mol. The second-order valence-electron chi connectivity index (χ2n) is 6.65. The Morgan fingerprint density at radius 2 is 1.54 bits per heavy atom. The van der Waals surface area contributed by atoms with Crippen LogP contribution in [0.1, 0.15) is 32.1 Å². The first-order valence-electron chi connectivity index (χ1n) is 9.95. The Morgan fingerprint density at radius 1 is 0.857 bits per heavy atom. The van der Waals surface area contributed by atoms with Crippen LogP contribution in [0.3, 0.4) is 0 Å². The van der Waals surface area contributed by atoms with E-state index >= 15 is 0 Å². The third-order valence-corrected chi connectivity index (χ3v) is 4.37. The van der Waals surface area contributed by atoms with Crippen molar-refractivity contribution in [3.63, 3.8) is 0 Å². The molecular formula is C22H31N4O2+. The van der Waals surface area contributed by atoms with Gasteiger partial charge >= 0.3 is 6.03 Å². The van der Waals surface area contributed by atoms with E-state index in [4.69, 9.17) is 0 Å². The summed E-state index contributed by atoms with van der Waals surface area (Å²) in [5.41, 5.74) is 5.39. The Bertz CT molecular complexity index is 707. The van der Waals surface area contributed by atoms with Crippen molar-refractivity contribution in [3.8, 4) is 0 Å².